The van der Waals surface area contributed by atoms with E-state index in [9.17, 15) is 13.2 Å². The van der Waals surface area contributed by atoms with E-state index in [0.29, 0.717) is 17.7 Å². The maximum Gasteiger partial charge on any atom is 0.255 e. The van der Waals surface area contributed by atoms with Gasteiger partial charge in [-0.2, -0.15) is 0 Å². The number of benzene rings is 2. The minimum atomic E-state index is -3.32. The number of sulfonamides is 1. The molecule has 1 aliphatic heterocycles. The molecule has 0 aliphatic carbocycles. The van der Waals surface area contributed by atoms with Gasteiger partial charge in [0, 0.05) is 17.3 Å². The van der Waals surface area contributed by atoms with Gasteiger partial charge in [0.1, 0.15) is 0 Å². The number of nitrogens with zero attached hydrogens (tertiary/aromatic N) is 1. The van der Waals surface area contributed by atoms with Gasteiger partial charge in [-0.15, -0.1) is 0 Å². The van der Waals surface area contributed by atoms with Gasteiger partial charge in [-0.1, -0.05) is 25.5 Å². The molecule has 2 aromatic rings. The second kappa shape index (κ2) is 7.11. The molecule has 6 heteroatoms. The first-order valence-corrected chi connectivity index (χ1v) is 10.7. The predicted octanol–water partition coefficient (Wildman–Crippen LogP) is 3.60. The topological polar surface area (TPSA) is 66.5 Å². The molecular weight excluding hydrogens is 348 g/mol. The van der Waals surface area contributed by atoms with Gasteiger partial charge in [0.15, 0.2) is 0 Å². The van der Waals surface area contributed by atoms with Gasteiger partial charge in [-0.25, -0.2) is 8.42 Å². The van der Waals surface area contributed by atoms with Gasteiger partial charge in [0.25, 0.3) is 5.91 Å². The molecule has 26 heavy (non-hydrogen) atoms. The van der Waals surface area contributed by atoms with E-state index in [1.54, 1.807) is 18.2 Å². The van der Waals surface area contributed by atoms with Crippen molar-refractivity contribution in [3.63, 3.8) is 0 Å². The SMILES string of the molecule is CCCc1ccc(NC(=O)c2ccc3c(c2)C[C@H](C)N3S(C)(=O)=O)cc1. The summed E-state index contributed by atoms with van der Waals surface area (Å²) in [4.78, 5) is 12.5. The van der Waals surface area contributed by atoms with E-state index in [2.05, 4.69) is 12.2 Å². The molecule has 1 atom stereocenters. The summed E-state index contributed by atoms with van der Waals surface area (Å²) in [5.74, 6) is -0.193. The fourth-order valence-electron chi connectivity index (χ4n) is 3.50. The summed E-state index contributed by atoms with van der Waals surface area (Å²) >= 11 is 0. The third-order valence-electron chi connectivity index (χ3n) is 4.60. The number of aryl methyl sites for hydroxylation is 1. The lowest BCUT2D eigenvalue weighted by atomic mass is 10.1. The third kappa shape index (κ3) is 3.75. The molecule has 0 saturated carbocycles. The highest BCUT2D eigenvalue weighted by Gasteiger charge is 2.32. The van der Waals surface area contributed by atoms with Crippen LogP contribution >= 0.6 is 0 Å². The number of hydrogen-bond donors (Lipinski definition) is 1. The Morgan fingerprint density at radius 2 is 1.88 bits per heavy atom. The van der Waals surface area contributed by atoms with Crippen molar-refractivity contribution < 1.29 is 13.2 Å². The van der Waals surface area contributed by atoms with Crippen LogP contribution in [0.4, 0.5) is 11.4 Å². The first-order chi connectivity index (χ1) is 12.3. The van der Waals surface area contributed by atoms with Crippen LogP contribution in [-0.4, -0.2) is 26.6 Å². The van der Waals surface area contributed by atoms with Crippen molar-refractivity contribution in [2.45, 2.75) is 39.2 Å². The summed E-state index contributed by atoms with van der Waals surface area (Å²) in [6.07, 6.45) is 3.93. The molecule has 0 saturated heterocycles. The Hall–Kier alpha value is -2.34. The molecule has 0 fully saturated rings. The summed E-state index contributed by atoms with van der Waals surface area (Å²) in [7, 11) is -3.32. The van der Waals surface area contributed by atoms with Crippen molar-refractivity contribution in [1.29, 1.82) is 0 Å². The van der Waals surface area contributed by atoms with E-state index in [1.807, 2.05) is 31.2 Å². The predicted molar refractivity (Wildman–Crippen MR) is 105 cm³/mol. The normalized spacial score (nSPS) is 16.4. The molecule has 1 heterocycles. The average Bonchev–Trinajstić information content (AvgIpc) is 2.91. The van der Waals surface area contributed by atoms with Gasteiger partial charge in [-0.3, -0.25) is 9.10 Å². The fraction of sp³-hybridized carbons (Fsp3) is 0.350. The van der Waals surface area contributed by atoms with E-state index < -0.39 is 10.0 Å². The summed E-state index contributed by atoms with van der Waals surface area (Å²) in [5, 5.41) is 2.90. The van der Waals surface area contributed by atoms with E-state index in [-0.39, 0.29) is 11.9 Å². The number of anilines is 2. The Kier molecular flexibility index (Phi) is 5.05. The maximum atomic E-state index is 12.5. The zero-order valence-electron chi connectivity index (χ0n) is 15.3. The van der Waals surface area contributed by atoms with E-state index >= 15 is 0 Å². The molecule has 2 aromatic carbocycles. The minimum Gasteiger partial charge on any atom is -0.322 e. The smallest absolute Gasteiger partial charge is 0.255 e. The van der Waals surface area contributed by atoms with Gasteiger partial charge >= 0.3 is 0 Å². The van der Waals surface area contributed by atoms with Crippen molar-refractivity contribution >= 4 is 27.3 Å². The fourth-order valence-corrected chi connectivity index (χ4v) is 4.76. The Morgan fingerprint density at radius 3 is 2.50 bits per heavy atom. The number of amides is 1. The average molecular weight is 372 g/mol. The highest BCUT2D eigenvalue weighted by Crippen LogP contribution is 2.34. The lowest BCUT2D eigenvalue weighted by molar-refractivity contribution is 0.102. The molecule has 138 valence electrons. The molecule has 0 aromatic heterocycles. The molecule has 0 spiro atoms. The molecule has 1 amide bonds. The van der Waals surface area contributed by atoms with Crippen LogP contribution in [-0.2, 0) is 22.9 Å². The maximum absolute atomic E-state index is 12.5. The van der Waals surface area contributed by atoms with Crippen LogP contribution in [0.5, 0.6) is 0 Å². The van der Waals surface area contributed by atoms with Gasteiger partial charge in [0.05, 0.1) is 11.9 Å². The molecule has 0 bridgehead atoms. The minimum absolute atomic E-state index is 0.135. The van der Waals surface area contributed by atoms with E-state index in [1.165, 1.54) is 16.1 Å². The Balaban J connectivity index is 1.79. The second-order valence-corrected chi connectivity index (χ2v) is 8.72. The molecule has 0 radical (unpaired) electrons. The molecule has 5 nitrogen and oxygen atoms in total. The number of rotatable bonds is 5. The van der Waals surface area contributed by atoms with Crippen LogP contribution in [0.15, 0.2) is 42.5 Å². The van der Waals surface area contributed by atoms with Crippen molar-refractivity contribution in [3.8, 4) is 0 Å². The lowest BCUT2D eigenvalue weighted by Gasteiger charge is -2.21. The monoisotopic (exact) mass is 372 g/mol. The van der Waals surface area contributed by atoms with E-state index in [0.717, 1.165) is 24.1 Å². The summed E-state index contributed by atoms with van der Waals surface area (Å²) < 4.78 is 25.4. The standard InChI is InChI=1S/C20H24N2O3S/c1-4-5-15-6-9-18(10-7-15)21-20(23)16-8-11-19-17(13-16)12-14(2)22(19)26(3,24)25/h6-11,13-14H,4-5,12H2,1-3H3,(H,21,23)/t14-/m0/s1. The third-order valence-corrected chi connectivity index (χ3v) is 5.87. The molecule has 3 rings (SSSR count). The van der Waals surface area contributed by atoms with Crippen molar-refractivity contribution in [1.82, 2.24) is 0 Å². The summed E-state index contributed by atoms with van der Waals surface area (Å²) in [6.45, 7) is 4.01. The second-order valence-electron chi connectivity index (χ2n) is 6.86. The van der Waals surface area contributed by atoms with Crippen LogP contribution in [0.1, 0.15) is 41.8 Å². The summed E-state index contributed by atoms with van der Waals surface area (Å²) in [6, 6.07) is 12.9. The number of fused-ring (bicyclic) bond motifs is 1. The Bertz CT molecular complexity index is 921. The van der Waals surface area contributed by atoms with Crippen LogP contribution < -0.4 is 9.62 Å². The zero-order valence-corrected chi connectivity index (χ0v) is 16.1. The lowest BCUT2D eigenvalue weighted by Crippen LogP contribution is -2.34. The Labute approximate surface area is 155 Å². The summed E-state index contributed by atoms with van der Waals surface area (Å²) in [5.41, 5.74) is 4.08. The molecular formula is C20H24N2O3S. The van der Waals surface area contributed by atoms with Crippen molar-refractivity contribution in [2.75, 3.05) is 15.9 Å². The van der Waals surface area contributed by atoms with Crippen LogP contribution in [0.25, 0.3) is 0 Å². The van der Waals surface area contributed by atoms with Gasteiger partial charge in [-0.05, 0) is 61.2 Å². The van der Waals surface area contributed by atoms with E-state index in [4.69, 9.17) is 0 Å². The van der Waals surface area contributed by atoms with Crippen molar-refractivity contribution in [3.05, 3.63) is 59.2 Å². The van der Waals surface area contributed by atoms with Gasteiger partial charge < -0.3 is 5.32 Å². The number of carbonyl (C=O) groups is 1. The zero-order chi connectivity index (χ0) is 18.9. The van der Waals surface area contributed by atoms with Crippen LogP contribution in [0, 0.1) is 0 Å². The quantitative estimate of drug-likeness (QED) is 0.872. The van der Waals surface area contributed by atoms with Crippen LogP contribution in [0.3, 0.4) is 0 Å². The number of hydrogen-bond acceptors (Lipinski definition) is 3. The molecule has 1 N–H and O–H groups in total. The number of carbonyl (C=O) groups excluding carboxylic acids is 1. The highest BCUT2D eigenvalue weighted by atomic mass is 32.2. The first-order valence-electron chi connectivity index (χ1n) is 8.82. The van der Waals surface area contributed by atoms with Gasteiger partial charge in [0.2, 0.25) is 10.0 Å². The highest BCUT2D eigenvalue weighted by molar-refractivity contribution is 7.92. The van der Waals surface area contributed by atoms with Crippen LogP contribution in [0.2, 0.25) is 0 Å². The Morgan fingerprint density at radius 1 is 1.19 bits per heavy atom. The first kappa shape index (κ1) is 18.5. The van der Waals surface area contributed by atoms with Crippen molar-refractivity contribution in [2.24, 2.45) is 0 Å². The number of nitrogens with one attached hydrogen (secondary N) is 1. The largest absolute Gasteiger partial charge is 0.322 e. The molecule has 1 aliphatic rings. The molecule has 0 unspecified atom stereocenters.